The van der Waals surface area contributed by atoms with E-state index in [0.717, 1.165) is 23.3 Å². The predicted octanol–water partition coefficient (Wildman–Crippen LogP) is 2.50. The smallest absolute Gasteiger partial charge is 0.391 e. The number of hydrogen-bond donors (Lipinski definition) is 2. The van der Waals surface area contributed by atoms with Gasteiger partial charge in [0.1, 0.15) is 11.4 Å². The van der Waals surface area contributed by atoms with E-state index in [1.807, 2.05) is 6.92 Å². The minimum absolute atomic E-state index is 0.0516. The summed E-state index contributed by atoms with van der Waals surface area (Å²) >= 11 is 0. The topological polar surface area (TPSA) is 119 Å². The molecule has 3 aliphatic heterocycles. The lowest BCUT2D eigenvalue weighted by Gasteiger charge is -2.34. The monoisotopic (exact) mass is 592 g/mol. The number of nitrogens with zero attached hydrogens (tertiary/aromatic N) is 3. The number of β-amino-alcohol motifs (C(OH)–C–C–N with tert-alkyl or cyclic N) is 1. The number of halogens is 3. The highest BCUT2D eigenvalue weighted by atomic mass is 32.2. The quantitative estimate of drug-likeness (QED) is 0.535. The van der Waals surface area contributed by atoms with Crippen molar-refractivity contribution in [2.24, 2.45) is 4.99 Å². The van der Waals surface area contributed by atoms with E-state index in [1.165, 1.54) is 16.4 Å². The van der Waals surface area contributed by atoms with E-state index in [9.17, 15) is 36.3 Å². The van der Waals surface area contributed by atoms with Crippen LogP contribution in [0, 0.1) is 6.92 Å². The number of likely N-dealkylation sites (tertiary alicyclic amines) is 1. The molecule has 2 aromatic rings. The number of hydrogen-bond acceptors (Lipinski definition) is 6. The Balaban J connectivity index is 1.21. The molecule has 2 saturated heterocycles. The Labute approximate surface area is 236 Å². The maximum absolute atomic E-state index is 13.2. The summed E-state index contributed by atoms with van der Waals surface area (Å²) in [5.41, 5.74) is 0.148. The first kappa shape index (κ1) is 29.2. The molecule has 2 fully saturated rings. The first-order chi connectivity index (χ1) is 19.3. The zero-order valence-corrected chi connectivity index (χ0v) is 23.3. The SMILES string of the molecule is Cc1cc(C(=O)N2CC[C@@H](O)C2)ccc1CCS(=O)(=O)N1CCC2(CC1)N=C(c1cccc(C(F)(F)F)c1)NC2=O. The minimum Gasteiger partial charge on any atom is -0.391 e. The summed E-state index contributed by atoms with van der Waals surface area (Å²) in [7, 11) is -3.67. The number of aliphatic hydroxyl groups is 1. The van der Waals surface area contributed by atoms with Crippen molar-refractivity contribution in [3.05, 3.63) is 70.3 Å². The molecule has 13 heteroatoms. The van der Waals surface area contributed by atoms with Crippen LogP contribution in [-0.4, -0.2) is 84.0 Å². The van der Waals surface area contributed by atoms with Crippen LogP contribution in [0.4, 0.5) is 13.2 Å². The Morgan fingerprint density at radius 2 is 1.88 bits per heavy atom. The third-order valence-corrected chi connectivity index (χ3v) is 9.93. The Bertz CT molecular complexity index is 1500. The molecule has 220 valence electrons. The highest BCUT2D eigenvalue weighted by Gasteiger charge is 2.47. The lowest BCUT2D eigenvalue weighted by atomic mass is 9.89. The third kappa shape index (κ3) is 6.02. The van der Waals surface area contributed by atoms with E-state index in [4.69, 9.17) is 0 Å². The molecule has 0 aromatic heterocycles. The summed E-state index contributed by atoms with van der Waals surface area (Å²) in [6, 6.07) is 9.72. The van der Waals surface area contributed by atoms with Crippen LogP contribution >= 0.6 is 0 Å². The molecule has 0 bridgehead atoms. The molecule has 2 N–H and O–H groups in total. The van der Waals surface area contributed by atoms with Gasteiger partial charge in [-0.25, -0.2) is 12.7 Å². The molecule has 0 radical (unpaired) electrons. The summed E-state index contributed by atoms with van der Waals surface area (Å²) in [5, 5.41) is 12.3. The Hall–Kier alpha value is -3.29. The van der Waals surface area contributed by atoms with Gasteiger partial charge in [0.15, 0.2) is 0 Å². The van der Waals surface area contributed by atoms with Gasteiger partial charge in [0.05, 0.1) is 17.4 Å². The van der Waals surface area contributed by atoms with Gasteiger partial charge in [-0.3, -0.25) is 14.6 Å². The van der Waals surface area contributed by atoms with Crippen molar-refractivity contribution in [1.29, 1.82) is 0 Å². The van der Waals surface area contributed by atoms with E-state index in [2.05, 4.69) is 10.3 Å². The van der Waals surface area contributed by atoms with Crippen LogP contribution in [-0.2, 0) is 27.4 Å². The molecule has 3 aliphatic rings. The molecule has 0 aliphatic carbocycles. The number of carbonyl (C=O) groups excluding carboxylic acids is 2. The summed E-state index contributed by atoms with van der Waals surface area (Å²) in [6.07, 6.45) is -4.03. The third-order valence-electron chi connectivity index (χ3n) is 8.06. The summed E-state index contributed by atoms with van der Waals surface area (Å²) in [6.45, 7) is 2.73. The van der Waals surface area contributed by atoms with Crippen molar-refractivity contribution in [1.82, 2.24) is 14.5 Å². The van der Waals surface area contributed by atoms with E-state index >= 15 is 0 Å². The van der Waals surface area contributed by atoms with Gasteiger partial charge in [0.25, 0.3) is 11.8 Å². The Morgan fingerprint density at radius 1 is 1.15 bits per heavy atom. The van der Waals surface area contributed by atoms with Gasteiger partial charge < -0.3 is 15.3 Å². The molecule has 2 aromatic carbocycles. The van der Waals surface area contributed by atoms with E-state index < -0.39 is 39.3 Å². The number of amides is 2. The highest BCUT2D eigenvalue weighted by Crippen LogP contribution is 2.34. The second kappa shape index (κ2) is 10.8. The first-order valence-corrected chi connectivity index (χ1v) is 15.0. The number of carbonyl (C=O) groups is 2. The van der Waals surface area contributed by atoms with Gasteiger partial charge in [-0.15, -0.1) is 0 Å². The van der Waals surface area contributed by atoms with Crippen molar-refractivity contribution in [2.75, 3.05) is 31.9 Å². The van der Waals surface area contributed by atoms with Gasteiger partial charge in [0, 0.05) is 37.3 Å². The van der Waals surface area contributed by atoms with Crippen molar-refractivity contribution < 1.29 is 36.3 Å². The van der Waals surface area contributed by atoms with E-state index in [-0.39, 0.29) is 55.4 Å². The fourth-order valence-corrected chi connectivity index (χ4v) is 7.03. The van der Waals surface area contributed by atoms with Crippen LogP contribution < -0.4 is 5.32 Å². The summed E-state index contributed by atoms with van der Waals surface area (Å²) < 4.78 is 67.0. The van der Waals surface area contributed by atoms with Gasteiger partial charge in [-0.2, -0.15) is 13.2 Å². The molecular formula is C28H31F3N4O5S. The lowest BCUT2D eigenvalue weighted by molar-refractivity contribution is -0.137. The summed E-state index contributed by atoms with van der Waals surface area (Å²) in [5.74, 6) is -0.718. The number of aliphatic hydroxyl groups excluding tert-OH is 1. The van der Waals surface area contributed by atoms with Gasteiger partial charge in [-0.05, 0) is 68.0 Å². The molecular weight excluding hydrogens is 561 g/mol. The maximum atomic E-state index is 13.2. The molecule has 1 spiro atoms. The van der Waals surface area contributed by atoms with Gasteiger partial charge in [0.2, 0.25) is 10.0 Å². The van der Waals surface area contributed by atoms with Crippen LogP contribution in [0.1, 0.15) is 51.9 Å². The Morgan fingerprint density at radius 3 is 2.51 bits per heavy atom. The lowest BCUT2D eigenvalue weighted by Crippen LogP contribution is -2.50. The van der Waals surface area contributed by atoms with E-state index in [0.29, 0.717) is 25.1 Å². The molecule has 1 atom stereocenters. The average Bonchev–Trinajstić information content (AvgIpc) is 3.50. The maximum Gasteiger partial charge on any atom is 0.416 e. The van der Waals surface area contributed by atoms with Crippen molar-refractivity contribution in [3.8, 4) is 0 Å². The number of aliphatic imine (C=N–C) groups is 1. The second-order valence-corrected chi connectivity index (χ2v) is 12.9. The van der Waals surface area contributed by atoms with Crippen LogP contribution in [0.5, 0.6) is 0 Å². The number of nitrogens with one attached hydrogen (secondary N) is 1. The molecule has 2 amide bonds. The molecule has 5 rings (SSSR count). The molecule has 3 heterocycles. The average molecular weight is 593 g/mol. The van der Waals surface area contributed by atoms with Crippen molar-refractivity contribution in [2.45, 2.75) is 50.4 Å². The summed E-state index contributed by atoms with van der Waals surface area (Å²) in [4.78, 5) is 31.6. The number of amidine groups is 1. The normalized spacial score (nSPS) is 21.3. The highest BCUT2D eigenvalue weighted by molar-refractivity contribution is 7.89. The van der Waals surface area contributed by atoms with Gasteiger partial charge >= 0.3 is 6.18 Å². The number of rotatable bonds is 6. The van der Waals surface area contributed by atoms with Crippen LogP contribution in [0.25, 0.3) is 0 Å². The number of aryl methyl sites for hydroxylation is 2. The minimum atomic E-state index is -4.54. The van der Waals surface area contributed by atoms with Crippen LogP contribution in [0.2, 0.25) is 0 Å². The number of benzene rings is 2. The van der Waals surface area contributed by atoms with Crippen molar-refractivity contribution in [3.63, 3.8) is 0 Å². The first-order valence-electron chi connectivity index (χ1n) is 13.4. The Kier molecular flexibility index (Phi) is 7.72. The number of alkyl halides is 3. The largest absolute Gasteiger partial charge is 0.416 e. The molecule has 0 unspecified atom stereocenters. The zero-order valence-electron chi connectivity index (χ0n) is 22.4. The fourth-order valence-electron chi connectivity index (χ4n) is 5.56. The van der Waals surface area contributed by atoms with E-state index in [1.54, 1.807) is 23.1 Å². The molecule has 41 heavy (non-hydrogen) atoms. The number of sulfonamides is 1. The molecule has 9 nitrogen and oxygen atoms in total. The fraction of sp³-hybridized carbons (Fsp3) is 0.464. The van der Waals surface area contributed by atoms with Crippen LogP contribution in [0.15, 0.2) is 47.5 Å². The molecule has 0 saturated carbocycles. The second-order valence-electron chi connectivity index (χ2n) is 10.8. The predicted molar refractivity (Wildman–Crippen MR) is 145 cm³/mol. The number of piperidine rings is 1. The standard InChI is InChI=1S/C28H31F3N4O5S/c1-18-15-21(25(37)34-11-7-23(36)17-34)6-5-19(18)8-14-41(39,40)35-12-9-27(10-13-35)26(38)32-24(33-27)20-3-2-4-22(16-20)28(29,30)31/h2-6,15-16,23,36H,7-14,17H2,1H3,(H,32,33,38)/t23-/m1/s1. The zero-order chi connectivity index (χ0) is 29.6. The van der Waals surface area contributed by atoms with Crippen molar-refractivity contribution >= 4 is 27.7 Å². The van der Waals surface area contributed by atoms with Gasteiger partial charge in [-0.1, -0.05) is 18.2 Å². The van der Waals surface area contributed by atoms with Crippen LogP contribution in [0.3, 0.4) is 0 Å².